The summed E-state index contributed by atoms with van der Waals surface area (Å²) in [7, 11) is -1.13. The molecule has 1 aliphatic heterocycles. The molecule has 8 heteroatoms. The molecular formula is C20H27N3O3S2. The summed E-state index contributed by atoms with van der Waals surface area (Å²) in [6.45, 7) is 4.39. The van der Waals surface area contributed by atoms with E-state index in [2.05, 4.69) is 11.2 Å². The van der Waals surface area contributed by atoms with Gasteiger partial charge in [-0.05, 0) is 57.6 Å². The number of fused-ring (bicyclic) bond motifs is 1. The van der Waals surface area contributed by atoms with Crippen LogP contribution in [-0.4, -0.2) is 47.6 Å². The van der Waals surface area contributed by atoms with Crippen LogP contribution in [0, 0.1) is 13.8 Å². The first-order valence-electron chi connectivity index (χ1n) is 9.87. The van der Waals surface area contributed by atoms with E-state index in [-0.39, 0.29) is 23.5 Å². The number of rotatable bonds is 4. The highest BCUT2D eigenvalue weighted by molar-refractivity contribution is 7.91. The largest absolute Gasteiger partial charge is 0.337 e. The van der Waals surface area contributed by atoms with Gasteiger partial charge in [0, 0.05) is 29.7 Å². The number of amides is 1. The molecule has 6 nitrogen and oxygen atoms in total. The third-order valence-corrected chi connectivity index (χ3v) is 8.95. The molecule has 0 spiro atoms. The summed E-state index contributed by atoms with van der Waals surface area (Å²) in [5.41, 5.74) is 4.19. The van der Waals surface area contributed by atoms with E-state index in [4.69, 9.17) is 0 Å². The Labute approximate surface area is 170 Å². The zero-order valence-corrected chi connectivity index (χ0v) is 18.3. The van der Waals surface area contributed by atoms with Crippen molar-refractivity contribution in [3.8, 4) is 0 Å². The molecule has 2 aliphatic rings. The zero-order valence-electron chi connectivity index (χ0n) is 16.7. The second kappa shape index (κ2) is 7.30. The first-order chi connectivity index (χ1) is 13.2. The second-order valence-electron chi connectivity index (χ2n) is 8.08. The minimum Gasteiger partial charge on any atom is -0.337 e. The van der Waals surface area contributed by atoms with Gasteiger partial charge in [-0.2, -0.15) is 5.10 Å². The van der Waals surface area contributed by atoms with Crippen LogP contribution in [0.4, 0.5) is 0 Å². The van der Waals surface area contributed by atoms with Crippen LogP contribution in [0.25, 0.3) is 0 Å². The predicted molar refractivity (Wildman–Crippen MR) is 111 cm³/mol. The molecular weight excluding hydrogens is 394 g/mol. The maximum absolute atomic E-state index is 13.0. The summed E-state index contributed by atoms with van der Waals surface area (Å²) >= 11 is 1.64. The van der Waals surface area contributed by atoms with Gasteiger partial charge in [0.15, 0.2) is 9.84 Å². The van der Waals surface area contributed by atoms with Crippen LogP contribution in [0.1, 0.15) is 62.4 Å². The van der Waals surface area contributed by atoms with Gasteiger partial charge in [0.2, 0.25) is 0 Å². The molecule has 4 rings (SSSR count). The van der Waals surface area contributed by atoms with Crippen molar-refractivity contribution in [2.24, 2.45) is 0 Å². The lowest BCUT2D eigenvalue weighted by atomic mass is 9.99. The Morgan fingerprint density at radius 3 is 2.75 bits per heavy atom. The third-order valence-electron chi connectivity index (χ3n) is 5.98. The Hall–Kier alpha value is -1.67. The van der Waals surface area contributed by atoms with Crippen molar-refractivity contribution in [3.05, 3.63) is 38.3 Å². The van der Waals surface area contributed by atoms with Crippen molar-refractivity contribution < 1.29 is 13.2 Å². The molecule has 0 saturated carbocycles. The van der Waals surface area contributed by atoms with Crippen molar-refractivity contribution in [2.45, 2.75) is 58.5 Å². The summed E-state index contributed by atoms with van der Waals surface area (Å²) < 4.78 is 25.5. The molecule has 0 N–H and O–H groups in total. The topological polar surface area (TPSA) is 72.3 Å². The molecule has 28 heavy (non-hydrogen) atoms. The molecule has 1 fully saturated rings. The molecule has 152 valence electrons. The first kappa shape index (κ1) is 19.6. The van der Waals surface area contributed by atoms with Crippen LogP contribution in [0.3, 0.4) is 0 Å². The Morgan fingerprint density at radius 2 is 2.07 bits per heavy atom. The van der Waals surface area contributed by atoms with Crippen LogP contribution >= 0.6 is 11.3 Å². The van der Waals surface area contributed by atoms with Gasteiger partial charge >= 0.3 is 0 Å². The number of thiophene rings is 1. The highest BCUT2D eigenvalue weighted by Crippen LogP contribution is 2.31. The standard InChI is InChI=1S/C20H27N3O3S2/c1-13-17(14(2)23(21-13)16-8-9-28(25,26)12-16)11-22(3)20(24)19-10-15-6-4-5-7-18(15)27-19/h10,16H,4-9,11-12H2,1-3H3. The van der Waals surface area contributed by atoms with Crippen molar-refractivity contribution in [2.75, 3.05) is 18.6 Å². The van der Waals surface area contributed by atoms with Gasteiger partial charge < -0.3 is 4.90 Å². The highest BCUT2D eigenvalue weighted by Gasteiger charge is 2.32. The lowest BCUT2D eigenvalue weighted by Crippen LogP contribution is -2.26. The molecule has 2 aromatic heterocycles. The predicted octanol–water partition coefficient (Wildman–Crippen LogP) is 3.07. The number of hydrogen-bond donors (Lipinski definition) is 0. The second-order valence-corrected chi connectivity index (χ2v) is 11.4. The Balaban J connectivity index is 1.52. The maximum Gasteiger partial charge on any atom is 0.263 e. The molecule has 1 amide bonds. The van der Waals surface area contributed by atoms with Gasteiger partial charge in [-0.1, -0.05) is 0 Å². The summed E-state index contributed by atoms with van der Waals surface area (Å²) in [6.07, 6.45) is 5.21. The number of aromatic nitrogens is 2. The maximum atomic E-state index is 13.0. The quantitative estimate of drug-likeness (QED) is 0.761. The molecule has 0 aromatic carbocycles. The first-order valence-corrected chi connectivity index (χ1v) is 12.5. The van der Waals surface area contributed by atoms with E-state index in [1.807, 2.05) is 25.6 Å². The monoisotopic (exact) mass is 421 g/mol. The highest BCUT2D eigenvalue weighted by atomic mass is 32.2. The Kier molecular flexibility index (Phi) is 5.12. The number of carbonyl (C=O) groups excluding carboxylic acids is 1. The number of aryl methyl sites for hydroxylation is 3. The molecule has 1 unspecified atom stereocenters. The van der Waals surface area contributed by atoms with Crippen LogP contribution in [-0.2, 0) is 29.2 Å². The van der Waals surface area contributed by atoms with Gasteiger partial charge in [-0.15, -0.1) is 11.3 Å². The molecule has 1 aliphatic carbocycles. The smallest absolute Gasteiger partial charge is 0.263 e. The van der Waals surface area contributed by atoms with Crippen molar-refractivity contribution in [3.63, 3.8) is 0 Å². The molecule has 1 atom stereocenters. The van der Waals surface area contributed by atoms with E-state index in [9.17, 15) is 13.2 Å². The number of carbonyl (C=O) groups is 1. The average Bonchev–Trinajstić information content (AvgIpc) is 3.32. The van der Waals surface area contributed by atoms with Gasteiger partial charge in [-0.3, -0.25) is 9.48 Å². The lowest BCUT2D eigenvalue weighted by Gasteiger charge is -2.17. The Morgan fingerprint density at radius 1 is 1.32 bits per heavy atom. The fourth-order valence-electron chi connectivity index (χ4n) is 4.34. The summed E-state index contributed by atoms with van der Waals surface area (Å²) in [6, 6.07) is 1.98. The van der Waals surface area contributed by atoms with E-state index in [0.29, 0.717) is 13.0 Å². The van der Waals surface area contributed by atoms with Gasteiger partial charge in [-0.25, -0.2) is 8.42 Å². The van der Waals surface area contributed by atoms with E-state index < -0.39 is 9.84 Å². The van der Waals surface area contributed by atoms with Crippen LogP contribution in [0.5, 0.6) is 0 Å². The van der Waals surface area contributed by atoms with Crippen LogP contribution < -0.4 is 0 Å². The van der Waals surface area contributed by atoms with E-state index >= 15 is 0 Å². The van der Waals surface area contributed by atoms with Gasteiger partial charge in [0.05, 0.1) is 28.1 Å². The normalized spacial score (nSPS) is 20.9. The lowest BCUT2D eigenvalue weighted by molar-refractivity contribution is 0.0789. The van der Waals surface area contributed by atoms with Gasteiger partial charge in [0.1, 0.15) is 0 Å². The van der Waals surface area contributed by atoms with E-state index in [1.54, 1.807) is 16.2 Å². The fourth-order valence-corrected chi connectivity index (χ4v) is 7.28. The van der Waals surface area contributed by atoms with Gasteiger partial charge in [0.25, 0.3) is 5.91 Å². The average molecular weight is 422 g/mol. The van der Waals surface area contributed by atoms with Crippen LogP contribution in [0.15, 0.2) is 6.07 Å². The zero-order chi connectivity index (χ0) is 20.1. The van der Waals surface area contributed by atoms with E-state index in [1.165, 1.54) is 23.3 Å². The van der Waals surface area contributed by atoms with Crippen molar-refractivity contribution in [1.82, 2.24) is 14.7 Å². The molecule has 2 aromatic rings. The van der Waals surface area contributed by atoms with Crippen molar-refractivity contribution in [1.29, 1.82) is 0 Å². The third kappa shape index (κ3) is 3.64. The molecule has 0 radical (unpaired) electrons. The summed E-state index contributed by atoms with van der Waals surface area (Å²) in [5, 5.41) is 4.61. The number of nitrogens with zero attached hydrogens (tertiary/aromatic N) is 3. The number of sulfone groups is 1. The summed E-state index contributed by atoms with van der Waals surface area (Å²) in [5.74, 6) is 0.436. The molecule has 0 bridgehead atoms. The van der Waals surface area contributed by atoms with E-state index in [0.717, 1.165) is 34.7 Å². The minimum absolute atomic E-state index is 0.0504. The Bertz CT molecular complexity index is 996. The SMILES string of the molecule is Cc1nn(C2CCS(=O)(=O)C2)c(C)c1CN(C)C(=O)c1cc2c(s1)CCCC2. The van der Waals surface area contributed by atoms with Crippen molar-refractivity contribution >= 4 is 27.1 Å². The molecule has 1 saturated heterocycles. The fraction of sp³-hybridized carbons (Fsp3) is 0.600. The van der Waals surface area contributed by atoms with Crippen LogP contribution in [0.2, 0.25) is 0 Å². The number of hydrogen-bond acceptors (Lipinski definition) is 5. The molecule has 3 heterocycles. The summed E-state index contributed by atoms with van der Waals surface area (Å²) in [4.78, 5) is 16.9. The minimum atomic E-state index is -2.96.